The maximum atomic E-state index is 5.02. The SMILES string of the molecule is COCCNCc1cncn1CCCN1CCCC1. The normalized spacial score (nSPS) is 16.3. The number of aryl methyl sites for hydroxylation is 1. The molecule has 2 heterocycles. The maximum absolute atomic E-state index is 5.02. The fourth-order valence-electron chi connectivity index (χ4n) is 2.56. The van der Waals surface area contributed by atoms with Crippen LogP contribution in [0.2, 0.25) is 0 Å². The molecule has 0 aromatic carbocycles. The number of likely N-dealkylation sites (tertiary alicyclic amines) is 1. The first kappa shape index (κ1) is 14.5. The Balaban J connectivity index is 1.66. The second-order valence-electron chi connectivity index (χ2n) is 5.15. The molecule has 1 aromatic heterocycles. The van der Waals surface area contributed by atoms with Crippen LogP contribution in [-0.2, 0) is 17.8 Å². The van der Waals surface area contributed by atoms with Crippen molar-refractivity contribution in [2.24, 2.45) is 0 Å². The predicted molar refractivity (Wildman–Crippen MR) is 76.1 cm³/mol. The maximum Gasteiger partial charge on any atom is 0.0948 e. The number of nitrogens with one attached hydrogen (secondary N) is 1. The first-order valence-corrected chi connectivity index (χ1v) is 7.31. The van der Waals surface area contributed by atoms with E-state index in [1.54, 1.807) is 7.11 Å². The number of methoxy groups -OCH3 is 1. The van der Waals surface area contributed by atoms with Gasteiger partial charge in [-0.05, 0) is 38.9 Å². The van der Waals surface area contributed by atoms with E-state index in [0.29, 0.717) is 0 Å². The summed E-state index contributed by atoms with van der Waals surface area (Å²) in [5.41, 5.74) is 1.26. The Kier molecular flexibility index (Phi) is 6.33. The van der Waals surface area contributed by atoms with Crippen molar-refractivity contribution in [1.82, 2.24) is 19.8 Å². The lowest BCUT2D eigenvalue weighted by molar-refractivity contribution is 0.199. The standard InChI is InChI=1S/C14H26N4O/c1-19-10-5-15-11-14-12-16-13-18(14)9-4-8-17-6-2-3-7-17/h12-13,15H,2-11H2,1H3. The van der Waals surface area contributed by atoms with Gasteiger partial charge in [-0.15, -0.1) is 0 Å². The molecule has 1 aromatic rings. The summed E-state index contributed by atoms with van der Waals surface area (Å²) in [6.07, 6.45) is 7.86. The number of ether oxygens (including phenoxy) is 1. The Hall–Kier alpha value is -0.910. The van der Waals surface area contributed by atoms with Crippen molar-refractivity contribution in [1.29, 1.82) is 0 Å². The number of nitrogens with zero attached hydrogens (tertiary/aromatic N) is 3. The molecular weight excluding hydrogens is 240 g/mol. The topological polar surface area (TPSA) is 42.3 Å². The van der Waals surface area contributed by atoms with E-state index < -0.39 is 0 Å². The van der Waals surface area contributed by atoms with Crippen LogP contribution in [0.3, 0.4) is 0 Å². The van der Waals surface area contributed by atoms with Gasteiger partial charge in [0, 0.05) is 32.9 Å². The van der Waals surface area contributed by atoms with Crippen LogP contribution >= 0.6 is 0 Å². The van der Waals surface area contributed by atoms with Crippen molar-refractivity contribution in [3.8, 4) is 0 Å². The third kappa shape index (κ3) is 4.93. The summed E-state index contributed by atoms with van der Waals surface area (Å²) in [5, 5.41) is 3.36. The highest BCUT2D eigenvalue weighted by Gasteiger charge is 2.10. The van der Waals surface area contributed by atoms with E-state index in [9.17, 15) is 0 Å². The summed E-state index contributed by atoms with van der Waals surface area (Å²) in [5.74, 6) is 0. The third-order valence-corrected chi connectivity index (χ3v) is 3.66. The van der Waals surface area contributed by atoms with Crippen molar-refractivity contribution in [3.63, 3.8) is 0 Å². The minimum atomic E-state index is 0.753. The van der Waals surface area contributed by atoms with Crippen molar-refractivity contribution >= 4 is 0 Å². The molecule has 1 aliphatic rings. The van der Waals surface area contributed by atoms with Gasteiger partial charge in [0.05, 0.1) is 18.6 Å². The molecule has 19 heavy (non-hydrogen) atoms. The van der Waals surface area contributed by atoms with Gasteiger partial charge in [0.2, 0.25) is 0 Å². The van der Waals surface area contributed by atoms with Crippen LogP contribution in [0.25, 0.3) is 0 Å². The van der Waals surface area contributed by atoms with E-state index in [4.69, 9.17) is 4.74 Å². The zero-order valence-electron chi connectivity index (χ0n) is 12.0. The summed E-state index contributed by atoms with van der Waals surface area (Å²) in [6.45, 7) is 7.36. The molecule has 1 fully saturated rings. The molecule has 1 aliphatic heterocycles. The van der Waals surface area contributed by atoms with Gasteiger partial charge in [-0.25, -0.2) is 4.98 Å². The van der Waals surface area contributed by atoms with Crippen molar-refractivity contribution < 1.29 is 4.74 Å². The van der Waals surface area contributed by atoms with Crippen molar-refractivity contribution in [3.05, 3.63) is 18.2 Å². The molecule has 0 radical (unpaired) electrons. The number of imidazole rings is 1. The Labute approximate surface area is 116 Å². The molecule has 0 amide bonds. The minimum absolute atomic E-state index is 0.753. The third-order valence-electron chi connectivity index (χ3n) is 3.66. The van der Waals surface area contributed by atoms with Gasteiger partial charge < -0.3 is 19.5 Å². The molecule has 0 saturated carbocycles. The van der Waals surface area contributed by atoms with Crippen LogP contribution in [0, 0.1) is 0 Å². The molecule has 1 N–H and O–H groups in total. The Morgan fingerprint density at radius 3 is 2.95 bits per heavy atom. The number of hydrogen-bond acceptors (Lipinski definition) is 4. The van der Waals surface area contributed by atoms with Gasteiger partial charge in [0.15, 0.2) is 0 Å². The smallest absolute Gasteiger partial charge is 0.0948 e. The van der Waals surface area contributed by atoms with Gasteiger partial charge in [0.25, 0.3) is 0 Å². The fourth-order valence-corrected chi connectivity index (χ4v) is 2.56. The average molecular weight is 266 g/mol. The zero-order valence-corrected chi connectivity index (χ0v) is 12.0. The first-order valence-electron chi connectivity index (χ1n) is 7.31. The minimum Gasteiger partial charge on any atom is -0.383 e. The van der Waals surface area contributed by atoms with Gasteiger partial charge >= 0.3 is 0 Å². The second kappa shape index (κ2) is 8.30. The van der Waals surface area contributed by atoms with E-state index in [-0.39, 0.29) is 0 Å². The molecule has 0 atom stereocenters. The molecule has 5 heteroatoms. The van der Waals surface area contributed by atoms with Crippen LogP contribution in [-0.4, -0.2) is 54.3 Å². The highest BCUT2D eigenvalue weighted by atomic mass is 16.5. The van der Waals surface area contributed by atoms with E-state index in [1.807, 2.05) is 12.5 Å². The van der Waals surface area contributed by atoms with Gasteiger partial charge in [-0.2, -0.15) is 0 Å². The highest BCUT2D eigenvalue weighted by molar-refractivity contribution is 4.97. The predicted octanol–water partition coefficient (Wildman–Crippen LogP) is 1.10. The summed E-state index contributed by atoms with van der Waals surface area (Å²) >= 11 is 0. The molecule has 1 saturated heterocycles. The van der Waals surface area contributed by atoms with Crippen molar-refractivity contribution in [2.45, 2.75) is 32.4 Å². The van der Waals surface area contributed by atoms with Crippen LogP contribution < -0.4 is 5.32 Å². The summed E-state index contributed by atoms with van der Waals surface area (Å²) in [7, 11) is 1.73. The monoisotopic (exact) mass is 266 g/mol. The van der Waals surface area contributed by atoms with Crippen LogP contribution in [0.1, 0.15) is 25.0 Å². The Bertz CT molecular complexity index is 347. The van der Waals surface area contributed by atoms with E-state index in [1.165, 1.54) is 44.6 Å². The number of rotatable bonds is 9. The van der Waals surface area contributed by atoms with Gasteiger partial charge in [-0.1, -0.05) is 0 Å². The Morgan fingerprint density at radius 1 is 1.32 bits per heavy atom. The average Bonchev–Trinajstić information content (AvgIpc) is 3.07. The van der Waals surface area contributed by atoms with E-state index in [0.717, 1.165) is 26.2 Å². The summed E-state index contributed by atoms with van der Waals surface area (Å²) in [6, 6.07) is 0. The lowest BCUT2D eigenvalue weighted by Gasteiger charge is -2.15. The number of hydrogen-bond donors (Lipinski definition) is 1. The molecule has 2 rings (SSSR count). The second-order valence-corrected chi connectivity index (χ2v) is 5.15. The molecule has 5 nitrogen and oxygen atoms in total. The first-order chi connectivity index (χ1) is 9.40. The molecule has 0 bridgehead atoms. The largest absolute Gasteiger partial charge is 0.383 e. The van der Waals surface area contributed by atoms with Crippen LogP contribution in [0.15, 0.2) is 12.5 Å². The van der Waals surface area contributed by atoms with Crippen molar-refractivity contribution in [2.75, 3.05) is 39.9 Å². The van der Waals surface area contributed by atoms with Gasteiger partial charge in [0.1, 0.15) is 0 Å². The van der Waals surface area contributed by atoms with Gasteiger partial charge in [-0.3, -0.25) is 0 Å². The lowest BCUT2D eigenvalue weighted by atomic mass is 10.3. The lowest BCUT2D eigenvalue weighted by Crippen LogP contribution is -2.23. The quantitative estimate of drug-likeness (QED) is 0.680. The highest BCUT2D eigenvalue weighted by Crippen LogP contribution is 2.08. The Morgan fingerprint density at radius 2 is 2.16 bits per heavy atom. The van der Waals surface area contributed by atoms with E-state index >= 15 is 0 Å². The zero-order chi connectivity index (χ0) is 13.3. The molecule has 108 valence electrons. The van der Waals surface area contributed by atoms with Crippen LogP contribution in [0.5, 0.6) is 0 Å². The summed E-state index contributed by atoms with van der Waals surface area (Å²) in [4.78, 5) is 6.81. The molecule has 0 spiro atoms. The fraction of sp³-hybridized carbons (Fsp3) is 0.786. The number of aromatic nitrogens is 2. The molecular formula is C14H26N4O. The summed E-state index contributed by atoms with van der Waals surface area (Å²) < 4.78 is 7.28. The van der Waals surface area contributed by atoms with E-state index in [2.05, 4.69) is 19.8 Å². The molecule has 0 aliphatic carbocycles. The molecule has 0 unspecified atom stereocenters. The van der Waals surface area contributed by atoms with Crippen LogP contribution in [0.4, 0.5) is 0 Å².